The zero-order chi connectivity index (χ0) is 12.8. The molecule has 0 unspecified atom stereocenters. The van der Waals surface area contributed by atoms with Crippen LogP contribution in [0.5, 0.6) is 5.75 Å². The minimum absolute atomic E-state index is 0.353. The fourth-order valence-electron chi connectivity index (χ4n) is 1.28. The summed E-state index contributed by atoms with van der Waals surface area (Å²) in [5.74, 6) is 0.0463. The highest BCUT2D eigenvalue weighted by molar-refractivity contribution is 5.93. The molecule has 2 N–H and O–H groups in total. The normalized spacial score (nSPS) is 10.4. The van der Waals surface area contributed by atoms with E-state index in [-0.39, 0.29) is 0 Å². The Morgan fingerprint density at radius 2 is 2.12 bits per heavy atom. The van der Waals surface area contributed by atoms with Gasteiger partial charge in [-0.25, -0.2) is 4.79 Å². The van der Waals surface area contributed by atoms with Gasteiger partial charge in [0.25, 0.3) is 0 Å². The number of methoxy groups -OCH3 is 1. The van der Waals surface area contributed by atoms with E-state index in [0.29, 0.717) is 23.6 Å². The summed E-state index contributed by atoms with van der Waals surface area (Å²) in [7, 11) is 5.23. The van der Waals surface area contributed by atoms with Gasteiger partial charge in [0, 0.05) is 12.2 Å². The molecule has 0 atom stereocenters. The number of rotatable bonds is 5. The molecule has 0 aliphatic heterocycles. The summed E-state index contributed by atoms with van der Waals surface area (Å²) in [6.07, 6.45) is 0. The maximum Gasteiger partial charge on any atom is 0.341 e. The van der Waals surface area contributed by atoms with Gasteiger partial charge in [-0.3, -0.25) is 0 Å². The molecule has 94 valence electrons. The van der Waals surface area contributed by atoms with Crippen LogP contribution in [-0.2, 0) is 4.74 Å². The first-order chi connectivity index (χ1) is 8.04. The van der Waals surface area contributed by atoms with Gasteiger partial charge >= 0.3 is 5.97 Å². The van der Waals surface area contributed by atoms with E-state index in [9.17, 15) is 4.79 Å². The smallest absolute Gasteiger partial charge is 0.341 e. The number of ether oxygens (including phenoxy) is 2. The van der Waals surface area contributed by atoms with E-state index < -0.39 is 5.97 Å². The highest BCUT2D eigenvalue weighted by Gasteiger charge is 2.13. The number of carbonyl (C=O) groups is 1. The van der Waals surface area contributed by atoms with E-state index in [4.69, 9.17) is 10.5 Å². The average molecular weight is 238 g/mol. The number of nitrogens with two attached hydrogens (primary N) is 1. The molecule has 0 spiro atoms. The van der Waals surface area contributed by atoms with Gasteiger partial charge in [0.05, 0.1) is 7.11 Å². The number of anilines is 1. The molecular formula is C12H18N2O3. The van der Waals surface area contributed by atoms with Crippen LogP contribution in [0, 0.1) is 0 Å². The van der Waals surface area contributed by atoms with Crippen LogP contribution in [0.15, 0.2) is 18.2 Å². The summed E-state index contributed by atoms with van der Waals surface area (Å²) in [6.45, 7) is 1.27. The fourth-order valence-corrected chi connectivity index (χ4v) is 1.28. The summed E-state index contributed by atoms with van der Waals surface area (Å²) in [5.41, 5.74) is 6.48. The number of benzene rings is 1. The van der Waals surface area contributed by atoms with Crippen molar-refractivity contribution in [2.24, 2.45) is 0 Å². The van der Waals surface area contributed by atoms with Gasteiger partial charge in [0.2, 0.25) is 0 Å². The van der Waals surface area contributed by atoms with Crippen LogP contribution in [0.1, 0.15) is 10.4 Å². The highest BCUT2D eigenvalue weighted by atomic mass is 16.5. The van der Waals surface area contributed by atoms with Crippen LogP contribution in [-0.4, -0.2) is 45.2 Å². The molecule has 0 aliphatic carbocycles. The van der Waals surface area contributed by atoms with Gasteiger partial charge in [-0.2, -0.15) is 0 Å². The number of nitrogen functional groups attached to an aromatic ring is 1. The Morgan fingerprint density at radius 1 is 1.41 bits per heavy atom. The Labute approximate surface area is 101 Å². The first-order valence-corrected chi connectivity index (χ1v) is 5.30. The van der Waals surface area contributed by atoms with Crippen molar-refractivity contribution in [2.45, 2.75) is 0 Å². The predicted molar refractivity (Wildman–Crippen MR) is 66.2 cm³/mol. The van der Waals surface area contributed by atoms with E-state index in [1.54, 1.807) is 18.2 Å². The number of likely N-dealkylation sites (N-methyl/N-ethyl adjacent to an activating group) is 1. The molecule has 17 heavy (non-hydrogen) atoms. The second-order valence-corrected chi connectivity index (χ2v) is 3.90. The van der Waals surface area contributed by atoms with Gasteiger partial charge in [-0.1, -0.05) is 0 Å². The SMILES string of the molecule is COC(=O)c1cc(N)ccc1OCCN(C)C. The van der Waals surface area contributed by atoms with Crippen LogP contribution in [0.2, 0.25) is 0 Å². The summed E-state index contributed by atoms with van der Waals surface area (Å²) in [4.78, 5) is 13.5. The van der Waals surface area contributed by atoms with Crippen molar-refractivity contribution in [1.82, 2.24) is 4.90 Å². The standard InChI is InChI=1S/C12H18N2O3/c1-14(2)6-7-17-11-5-4-9(13)8-10(11)12(15)16-3/h4-5,8H,6-7,13H2,1-3H3. The average Bonchev–Trinajstić information content (AvgIpc) is 2.29. The van der Waals surface area contributed by atoms with Gasteiger partial charge < -0.3 is 20.1 Å². The lowest BCUT2D eigenvalue weighted by Crippen LogP contribution is -2.20. The number of nitrogens with zero attached hydrogens (tertiary/aromatic N) is 1. The molecule has 0 bridgehead atoms. The third kappa shape index (κ3) is 3.96. The summed E-state index contributed by atoms with van der Waals surface area (Å²) in [6, 6.07) is 4.92. The van der Waals surface area contributed by atoms with Crippen molar-refractivity contribution >= 4 is 11.7 Å². The molecule has 0 aromatic heterocycles. The van der Waals surface area contributed by atoms with Crippen LogP contribution >= 0.6 is 0 Å². The van der Waals surface area contributed by atoms with Crippen LogP contribution in [0.4, 0.5) is 5.69 Å². The van der Waals surface area contributed by atoms with E-state index >= 15 is 0 Å². The zero-order valence-electron chi connectivity index (χ0n) is 10.4. The lowest BCUT2D eigenvalue weighted by Gasteiger charge is -2.13. The fraction of sp³-hybridized carbons (Fsp3) is 0.417. The van der Waals surface area contributed by atoms with E-state index in [2.05, 4.69) is 4.74 Å². The lowest BCUT2D eigenvalue weighted by atomic mass is 10.2. The van der Waals surface area contributed by atoms with E-state index in [0.717, 1.165) is 6.54 Å². The molecule has 1 aromatic rings. The Hall–Kier alpha value is -1.75. The van der Waals surface area contributed by atoms with Crippen LogP contribution < -0.4 is 10.5 Å². The number of hydrogen-bond donors (Lipinski definition) is 1. The van der Waals surface area contributed by atoms with Gasteiger partial charge in [-0.05, 0) is 32.3 Å². The molecule has 0 amide bonds. The quantitative estimate of drug-likeness (QED) is 0.612. The molecule has 1 rings (SSSR count). The Bertz CT molecular complexity index is 391. The Balaban J connectivity index is 2.79. The minimum atomic E-state index is -0.447. The molecule has 5 nitrogen and oxygen atoms in total. The second kappa shape index (κ2) is 6.10. The molecule has 0 radical (unpaired) electrons. The third-order valence-corrected chi connectivity index (χ3v) is 2.20. The first kappa shape index (κ1) is 13.3. The zero-order valence-corrected chi connectivity index (χ0v) is 10.4. The Morgan fingerprint density at radius 3 is 2.71 bits per heavy atom. The van der Waals surface area contributed by atoms with Crippen molar-refractivity contribution in [3.8, 4) is 5.75 Å². The van der Waals surface area contributed by atoms with Crippen LogP contribution in [0.25, 0.3) is 0 Å². The van der Waals surface area contributed by atoms with Crippen molar-refractivity contribution in [1.29, 1.82) is 0 Å². The molecule has 0 saturated carbocycles. The summed E-state index contributed by atoms with van der Waals surface area (Å²) < 4.78 is 10.2. The van der Waals surface area contributed by atoms with Crippen molar-refractivity contribution < 1.29 is 14.3 Å². The van der Waals surface area contributed by atoms with Crippen LogP contribution in [0.3, 0.4) is 0 Å². The van der Waals surface area contributed by atoms with Gasteiger partial charge in [0.15, 0.2) is 0 Å². The summed E-state index contributed by atoms with van der Waals surface area (Å²) in [5, 5.41) is 0. The summed E-state index contributed by atoms with van der Waals surface area (Å²) >= 11 is 0. The molecule has 0 saturated heterocycles. The van der Waals surface area contributed by atoms with Crippen molar-refractivity contribution in [3.63, 3.8) is 0 Å². The Kier molecular flexibility index (Phi) is 4.78. The van der Waals surface area contributed by atoms with Crippen molar-refractivity contribution in [3.05, 3.63) is 23.8 Å². The molecular weight excluding hydrogens is 220 g/mol. The molecule has 0 heterocycles. The van der Waals surface area contributed by atoms with Gasteiger partial charge in [0.1, 0.15) is 17.9 Å². The maximum absolute atomic E-state index is 11.5. The number of esters is 1. The predicted octanol–water partition coefficient (Wildman–Crippen LogP) is 0.996. The molecule has 0 fully saturated rings. The number of hydrogen-bond acceptors (Lipinski definition) is 5. The minimum Gasteiger partial charge on any atom is -0.491 e. The largest absolute Gasteiger partial charge is 0.491 e. The maximum atomic E-state index is 11.5. The molecule has 5 heteroatoms. The van der Waals surface area contributed by atoms with E-state index in [1.807, 2.05) is 19.0 Å². The molecule has 0 aliphatic rings. The van der Waals surface area contributed by atoms with Gasteiger partial charge in [-0.15, -0.1) is 0 Å². The molecule has 1 aromatic carbocycles. The number of carbonyl (C=O) groups excluding carboxylic acids is 1. The highest BCUT2D eigenvalue weighted by Crippen LogP contribution is 2.22. The monoisotopic (exact) mass is 238 g/mol. The lowest BCUT2D eigenvalue weighted by molar-refractivity contribution is 0.0596. The third-order valence-electron chi connectivity index (χ3n) is 2.20. The van der Waals surface area contributed by atoms with E-state index in [1.165, 1.54) is 7.11 Å². The topological polar surface area (TPSA) is 64.8 Å². The van der Waals surface area contributed by atoms with Crippen molar-refractivity contribution in [2.75, 3.05) is 40.1 Å². The second-order valence-electron chi connectivity index (χ2n) is 3.90. The first-order valence-electron chi connectivity index (χ1n) is 5.30.